The Balaban J connectivity index is 1.49. The highest BCUT2D eigenvalue weighted by molar-refractivity contribution is 5.95. The Morgan fingerprint density at radius 3 is 2.00 bits per heavy atom. The predicted octanol–water partition coefficient (Wildman–Crippen LogP) is 6.21. The number of carbonyl (C=O) groups excluding carboxylic acids is 1. The summed E-state index contributed by atoms with van der Waals surface area (Å²) in [6.45, 7) is 10.5. The average molecular weight is 600 g/mol. The summed E-state index contributed by atoms with van der Waals surface area (Å²) in [5.41, 5.74) is -0.417. The Labute approximate surface area is 243 Å². The second-order valence-electron chi connectivity index (χ2n) is 11.4. The van der Waals surface area contributed by atoms with Crippen LogP contribution in [0.4, 0.5) is 26.3 Å². The van der Waals surface area contributed by atoms with E-state index in [1.165, 1.54) is 4.90 Å². The van der Waals surface area contributed by atoms with Gasteiger partial charge >= 0.3 is 12.4 Å². The molecule has 0 bridgehead atoms. The maximum Gasteiger partial charge on any atom is 0.416 e. The molecule has 5 nitrogen and oxygen atoms in total. The fraction of sp³-hybridized carbons (Fsp3) is 0.581. The molecule has 2 aliphatic heterocycles. The molecule has 2 aromatic carbocycles. The second kappa shape index (κ2) is 13.8. The van der Waals surface area contributed by atoms with Crippen LogP contribution >= 0.6 is 0 Å². The summed E-state index contributed by atoms with van der Waals surface area (Å²) in [6, 6.07) is 6.69. The Kier molecular flexibility index (Phi) is 10.6. The highest BCUT2D eigenvalue weighted by atomic mass is 19.4. The number of hydrogen-bond acceptors (Lipinski definition) is 4. The van der Waals surface area contributed by atoms with Crippen molar-refractivity contribution in [1.82, 2.24) is 14.7 Å². The van der Waals surface area contributed by atoms with E-state index in [0.717, 1.165) is 75.3 Å². The molecule has 0 unspecified atom stereocenters. The van der Waals surface area contributed by atoms with Crippen molar-refractivity contribution in [2.45, 2.75) is 57.9 Å². The van der Waals surface area contributed by atoms with E-state index in [4.69, 9.17) is 4.74 Å². The van der Waals surface area contributed by atoms with E-state index in [2.05, 4.69) is 9.80 Å². The molecule has 2 heterocycles. The van der Waals surface area contributed by atoms with Crippen molar-refractivity contribution in [3.05, 3.63) is 69.8 Å². The van der Waals surface area contributed by atoms with Crippen LogP contribution in [0, 0.1) is 13.8 Å². The lowest BCUT2D eigenvalue weighted by atomic mass is 9.97. The van der Waals surface area contributed by atoms with Gasteiger partial charge in [-0.25, -0.2) is 0 Å². The van der Waals surface area contributed by atoms with Gasteiger partial charge in [0.15, 0.2) is 0 Å². The lowest BCUT2D eigenvalue weighted by molar-refractivity contribution is -0.143. The van der Waals surface area contributed by atoms with Crippen LogP contribution in [0.5, 0.6) is 0 Å². The molecule has 1 atom stereocenters. The van der Waals surface area contributed by atoms with E-state index < -0.39 is 41.0 Å². The summed E-state index contributed by atoms with van der Waals surface area (Å²) in [5, 5.41) is 0. The number of halogens is 6. The van der Waals surface area contributed by atoms with Crippen LogP contribution in [-0.2, 0) is 23.5 Å². The molecule has 42 heavy (non-hydrogen) atoms. The minimum atomic E-state index is -5.02. The number of alkyl halides is 6. The highest BCUT2D eigenvalue weighted by Gasteiger charge is 2.39. The molecule has 0 aliphatic carbocycles. The van der Waals surface area contributed by atoms with Gasteiger partial charge in [-0.05, 0) is 81.1 Å². The van der Waals surface area contributed by atoms with Crippen LogP contribution in [0.1, 0.15) is 57.4 Å². The van der Waals surface area contributed by atoms with Crippen molar-refractivity contribution in [2.75, 3.05) is 59.0 Å². The number of aryl methyl sites for hydroxylation is 2. The summed E-state index contributed by atoms with van der Waals surface area (Å²) in [4.78, 5) is 19.7. The molecule has 0 aromatic heterocycles. The third-order valence-corrected chi connectivity index (χ3v) is 8.26. The van der Waals surface area contributed by atoms with Crippen LogP contribution in [0.3, 0.4) is 0 Å². The van der Waals surface area contributed by atoms with Gasteiger partial charge in [0, 0.05) is 44.3 Å². The summed E-state index contributed by atoms with van der Waals surface area (Å²) in [7, 11) is 0. The van der Waals surface area contributed by atoms with Gasteiger partial charge in [-0.15, -0.1) is 0 Å². The number of rotatable bonds is 9. The van der Waals surface area contributed by atoms with Gasteiger partial charge < -0.3 is 9.64 Å². The highest BCUT2D eigenvalue weighted by Crippen LogP contribution is 2.37. The summed E-state index contributed by atoms with van der Waals surface area (Å²) >= 11 is 0. The molecule has 0 N–H and O–H groups in total. The molecular formula is C31H39F6N3O2. The Bertz CT molecular complexity index is 1180. The van der Waals surface area contributed by atoms with E-state index >= 15 is 0 Å². The number of carbonyl (C=O) groups is 1. The third-order valence-electron chi connectivity index (χ3n) is 8.26. The zero-order valence-electron chi connectivity index (χ0n) is 24.2. The van der Waals surface area contributed by atoms with E-state index in [1.807, 2.05) is 32.0 Å². The number of benzene rings is 2. The monoisotopic (exact) mass is 599 g/mol. The number of amides is 1. The third kappa shape index (κ3) is 8.70. The van der Waals surface area contributed by atoms with E-state index in [-0.39, 0.29) is 12.6 Å². The molecule has 2 aromatic rings. The molecule has 232 valence electrons. The number of unbranched alkanes of at least 4 members (excludes halogenated alkanes) is 2. The normalized spacial score (nSPS) is 19.3. The molecular weight excluding hydrogens is 560 g/mol. The summed E-state index contributed by atoms with van der Waals surface area (Å²) < 4.78 is 86.4. The lowest BCUT2D eigenvalue weighted by Crippen LogP contribution is -2.56. The first kappa shape index (κ1) is 32.3. The number of nitrogens with zero attached hydrogens (tertiary/aromatic N) is 3. The van der Waals surface area contributed by atoms with Crippen molar-refractivity contribution in [3.8, 4) is 0 Å². The average Bonchev–Trinajstić information content (AvgIpc) is 2.94. The molecule has 2 aliphatic rings. The summed E-state index contributed by atoms with van der Waals surface area (Å²) in [5.74, 6) is -0.814. The zero-order valence-corrected chi connectivity index (χ0v) is 24.2. The molecule has 0 saturated carbocycles. The standard InChI is InChI=1S/C31H39F6N3O2/c1-22-6-7-24(16-23(22)2)17-28-21-39(9-5-3-4-8-38-12-14-42-15-13-38)10-11-40(28)29(41)25-18-26(30(32,33)34)20-27(19-25)31(35,36)37/h6-7,16,18-20,28H,3-5,8-15,17,21H2,1-2H3/t28-/m1/s1. The molecule has 0 radical (unpaired) electrons. The van der Waals surface area contributed by atoms with E-state index in [0.29, 0.717) is 31.6 Å². The minimum Gasteiger partial charge on any atom is -0.379 e. The van der Waals surface area contributed by atoms with Gasteiger partial charge in [-0.3, -0.25) is 14.6 Å². The molecule has 11 heteroatoms. The largest absolute Gasteiger partial charge is 0.416 e. The molecule has 2 fully saturated rings. The zero-order chi connectivity index (χ0) is 30.5. The van der Waals surface area contributed by atoms with Gasteiger partial charge in [0.2, 0.25) is 0 Å². The topological polar surface area (TPSA) is 36.0 Å². The van der Waals surface area contributed by atoms with Gasteiger partial charge in [-0.2, -0.15) is 26.3 Å². The quantitative estimate of drug-likeness (QED) is 0.254. The first-order valence-electron chi connectivity index (χ1n) is 14.5. The number of morpholine rings is 1. The van der Waals surface area contributed by atoms with Crippen molar-refractivity contribution in [2.24, 2.45) is 0 Å². The van der Waals surface area contributed by atoms with Crippen LogP contribution in [-0.4, -0.2) is 85.7 Å². The lowest BCUT2D eigenvalue weighted by Gasteiger charge is -2.42. The Hall–Kier alpha value is -2.63. The smallest absolute Gasteiger partial charge is 0.379 e. The van der Waals surface area contributed by atoms with Gasteiger partial charge in [0.05, 0.1) is 24.3 Å². The summed E-state index contributed by atoms with van der Waals surface area (Å²) in [6.07, 6.45) is -6.50. The molecule has 1 amide bonds. The van der Waals surface area contributed by atoms with Gasteiger partial charge in [0.25, 0.3) is 5.91 Å². The maximum atomic E-state index is 13.6. The Morgan fingerprint density at radius 1 is 0.786 bits per heavy atom. The number of ether oxygens (including phenoxy) is 1. The van der Waals surface area contributed by atoms with Crippen LogP contribution in [0.15, 0.2) is 36.4 Å². The molecule has 0 spiro atoms. The van der Waals surface area contributed by atoms with Crippen molar-refractivity contribution < 1.29 is 35.9 Å². The first-order valence-corrected chi connectivity index (χ1v) is 14.5. The fourth-order valence-electron chi connectivity index (χ4n) is 5.68. The Morgan fingerprint density at radius 2 is 1.40 bits per heavy atom. The van der Waals surface area contributed by atoms with E-state index in [9.17, 15) is 31.1 Å². The van der Waals surface area contributed by atoms with Crippen LogP contribution in [0.2, 0.25) is 0 Å². The van der Waals surface area contributed by atoms with Crippen LogP contribution in [0.25, 0.3) is 0 Å². The maximum absolute atomic E-state index is 13.6. The fourth-order valence-corrected chi connectivity index (χ4v) is 5.68. The van der Waals surface area contributed by atoms with Crippen molar-refractivity contribution in [1.29, 1.82) is 0 Å². The van der Waals surface area contributed by atoms with Crippen LogP contribution < -0.4 is 0 Å². The second-order valence-corrected chi connectivity index (χ2v) is 11.4. The number of hydrogen-bond donors (Lipinski definition) is 0. The minimum absolute atomic E-state index is 0.0559. The van der Waals surface area contributed by atoms with Crippen molar-refractivity contribution in [3.63, 3.8) is 0 Å². The first-order chi connectivity index (χ1) is 19.8. The van der Waals surface area contributed by atoms with Gasteiger partial charge in [-0.1, -0.05) is 24.6 Å². The van der Waals surface area contributed by atoms with E-state index in [1.54, 1.807) is 0 Å². The predicted molar refractivity (Wildman–Crippen MR) is 148 cm³/mol. The van der Waals surface area contributed by atoms with Crippen molar-refractivity contribution >= 4 is 5.91 Å². The van der Waals surface area contributed by atoms with Gasteiger partial charge in [0.1, 0.15) is 0 Å². The SMILES string of the molecule is Cc1ccc(C[C@@H]2CN(CCCCCN3CCOCC3)CCN2C(=O)c2cc(C(F)(F)F)cc(C(F)(F)F)c2)cc1C. The number of piperazine rings is 1. The molecule has 2 saturated heterocycles. The molecule has 4 rings (SSSR count).